The third-order valence-electron chi connectivity index (χ3n) is 4.96. The molecular formula is C20H28Cl2N4O2. The van der Waals surface area contributed by atoms with Gasteiger partial charge in [-0.1, -0.05) is 41.4 Å². The molecule has 2 unspecified atom stereocenters. The van der Waals surface area contributed by atoms with Crippen molar-refractivity contribution in [3.8, 4) is 5.75 Å². The van der Waals surface area contributed by atoms with Crippen LogP contribution in [0.5, 0.6) is 5.75 Å². The quantitative estimate of drug-likeness (QED) is 0.398. The molecule has 8 heteroatoms. The molecule has 0 amide bonds. The summed E-state index contributed by atoms with van der Waals surface area (Å²) in [6.45, 7) is 7.20. The Labute approximate surface area is 176 Å². The molecule has 3 rings (SSSR count). The molecule has 0 spiro atoms. The predicted octanol–water partition coefficient (Wildman–Crippen LogP) is 2.64. The minimum absolute atomic E-state index is 0.102. The number of hydrogen-bond donors (Lipinski definition) is 2. The first-order valence-corrected chi connectivity index (χ1v) is 10.5. The van der Waals surface area contributed by atoms with Gasteiger partial charge in [0.1, 0.15) is 23.5 Å². The summed E-state index contributed by atoms with van der Waals surface area (Å²) in [5.41, 5.74) is 0. The van der Waals surface area contributed by atoms with Crippen molar-refractivity contribution in [3.05, 3.63) is 40.4 Å². The topological polar surface area (TPSA) is 60.3 Å². The molecule has 28 heavy (non-hydrogen) atoms. The van der Waals surface area contributed by atoms with E-state index < -0.39 is 6.10 Å². The van der Waals surface area contributed by atoms with Crippen molar-refractivity contribution >= 4 is 29.2 Å². The molecular weight excluding hydrogens is 399 g/mol. The maximum atomic E-state index is 10.3. The van der Waals surface area contributed by atoms with Crippen LogP contribution >= 0.6 is 23.2 Å². The van der Waals surface area contributed by atoms with Gasteiger partial charge in [-0.15, -0.1) is 0 Å². The summed E-state index contributed by atoms with van der Waals surface area (Å²) in [4.78, 5) is 9.38. The van der Waals surface area contributed by atoms with Crippen molar-refractivity contribution in [2.45, 2.75) is 25.5 Å². The zero-order valence-electron chi connectivity index (χ0n) is 16.2. The molecule has 6 nitrogen and oxygen atoms in total. The number of ether oxygens (including phenoxy) is 1. The molecule has 1 saturated heterocycles. The number of nitrogens with zero attached hydrogens (tertiary/aromatic N) is 3. The maximum absolute atomic E-state index is 10.3. The highest BCUT2D eigenvalue weighted by atomic mass is 35.5. The van der Waals surface area contributed by atoms with Gasteiger partial charge in [-0.05, 0) is 25.5 Å². The smallest absolute Gasteiger partial charge is 0.194 e. The van der Waals surface area contributed by atoms with Crippen molar-refractivity contribution < 1.29 is 9.84 Å². The first kappa shape index (κ1) is 21.2. The zero-order chi connectivity index (χ0) is 19.9. The van der Waals surface area contributed by atoms with Gasteiger partial charge in [-0.25, -0.2) is 0 Å². The third-order valence-corrected chi connectivity index (χ3v) is 5.76. The molecule has 2 aliphatic rings. The average molecular weight is 427 g/mol. The van der Waals surface area contributed by atoms with E-state index in [1.807, 2.05) is 6.92 Å². The van der Waals surface area contributed by atoms with Crippen LogP contribution in [0, 0.1) is 0 Å². The Kier molecular flexibility index (Phi) is 7.85. The van der Waals surface area contributed by atoms with E-state index in [-0.39, 0.29) is 13.2 Å². The highest BCUT2D eigenvalue weighted by molar-refractivity contribution is 6.42. The van der Waals surface area contributed by atoms with E-state index >= 15 is 0 Å². The lowest BCUT2D eigenvalue weighted by Crippen LogP contribution is -2.43. The molecule has 0 aromatic heterocycles. The number of benzene rings is 1. The maximum Gasteiger partial charge on any atom is 0.194 e. The van der Waals surface area contributed by atoms with Crippen LogP contribution in [0.3, 0.4) is 0 Å². The van der Waals surface area contributed by atoms with E-state index in [1.165, 1.54) is 0 Å². The normalized spacial score (nSPS) is 21.4. The van der Waals surface area contributed by atoms with E-state index in [0.717, 1.165) is 45.1 Å². The molecule has 1 aromatic rings. The summed E-state index contributed by atoms with van der Waals surface area (Å²) in [6, 6.07) is 5.74. The minimum Gasteiger partial charge on any atom is -0.489 e. The molecule has 154 valence electrons. The number of rotatable bonds is 7. The average Bonchev–Trinajstić information content (AvgIpc) is 3.37. The summed E-state index contributed by atoms with van der Waals surface area (Å²) >= 11 is 12.1. The van der Waals surface area contributed by atoms with Gasteiger partial charge in [-0.2, -0.15) is 0 Å². The largest absolute Gasteiger partial charge is 0.489 e. The van der Waals surface area contributed by atoms with Crippen LogP contribution in [0.1, 0.15) is 13.3 Å². The first-order valence-electron chi connectivity index (χ1n) is 9.75. The molecule has 0 bridgehead atoms. The van der Waals surface area contributed by atoms with Crippen LogP contribution in [0.2, 0.25) is 10.0 Å². The van der Waals surface area contributed by atoms with Crippen LogP contribution in [0.15, 0.2) is 35.3 Å². The Balaban J connectivity index is 1.51. The number of hydrogen-bond acceptors (Lipinski definition) is 4. The van der Waals surface area contributed by atoms with Crippen LogP contribution in [-0.4, -0.2) is 78.9 Å². The summed E-state index contributed by atoms with van der Waals surface area (Å²) in [7, 11) is 0. The summed E-state index contributed by atoms with van der Waals surface area (Å²) in [6.07, 6.45) is 4.85. The summed E-state index contributed by atoms with van der Waals surface area (Å²) in [5.74, 6) is 1.31. The van der Waals surface area contributed by atoms with Gasteiger partial charge in [0.15, 0.2) is 5.96 Å². The molecule has 2 heterocycles. The highest BCUT2D eigenvalue weighted by Gasteiger charge is 2.29. The van der Waals surface area contributed by atoms with Crippen molar-refractivity contribution in [2.75, 3.05) is 45.9 Å². The lowest BCUT2D eigenvalue weighted by Gasteiger charge is -2.25. The van der Waals surface area contributed by atoms with Crippen molar-refractivity contribution in [1.82, 2.24) is 15.1 Å². The summed E-state index contributed by atoms with van der Waals surface area (Å²) in [5, 5.41) is 14.4. The van der Waals surface area contributed by atoms with Crippen LogP contribution in [0.25, 0.3) is 0 Å². The SMILES string of the molecule is CCNC(=NCC(O)COc1cccc(Cl)c1Cl)N1CCC(N2CC=CC2)C1. The molecule has 2 atom stereocenters. The number of likely N-dealkylation sites (tertiary alicyclic amines) is 1. The molecule has 1 aromatic carbocycles. The monoisotopic (exact) mass is 426 g/mol. The minimum atomic E-state index is -0.732. The van der Waals surface area contributed by atoms with Crippen LogP contribution in [0.4, 0.5) is 0 Å². The van der Waals surface area contributed by atoms with Gasteiger partial charge in [0.2, 0.25) is 0 Å². The van der Waals surface area contributed by atoms with E-state index in [1.54, 1.807) is 18.2 Å². The molecule has 2 aliphatic heterocycles. The van der Waals surface area contributed by atoms with E-state index in [9.17, 15) is 5.11 Å². The standard InChI is InChI=1S/C20H28Cl2N4O2/c1-2-23-20(26-11-8-15(13-26)25-9-3-4-10-25)24-12-16(27)14-28-18-7-5-6-17(21)19(18)22/h3-7,15-16,27H,2,8-14H2,1H3,(H,23,24). The van der Waals surface area contributed by atoms with Crippen molar-refractivity contribution in [3.63, 3.8) is 0 Å². The van der Waals surface area contributed by atoms with Gasteiger partial charge in [-0.3, -0.25) is 9.89 Å². The van der Waals surface area contributed by atoms with E-state index in [4.69, 9.17) is 27.9 Å². The second-order valence-corrected chi connectivity index (χ2v) is 7.81. The predicted molar refractivity (Wildman–Crippen MR) is 115 cm³/mol. The fourth-order valence-corrected chi connectivity index (χ4v) is 3.82. The fourth-order valence-electron chi connectivity index (χ4n) is 3.48. The Morgan fingerprint density at radius 2 is 2.14 bits per heavy atom. The highest BCUT2D eigenvalue weighted by Crippen LogP contribution is 2.31. The lowest BCUT2D eigenvalue weighted by atomic mass is 10.2. The Hall–Kier alpha value is -1.47. The number of aliphatic hydroxyl groups excluding tert-OH is 1. The number of aliphatic imine (C=N–C) groups is 1. The molecule has 1 fully saturated rings. The first-order chi connectivity index (χ1) is 13.6. The van der Waals surface area contributed by atoms with Crippen molar-refractivity contribution in [2.24, 2.45) is 4.99 Å². The molecule has 0 saturated carbocycles. The molecule has 2 N–H and O–H groups in total. The second-order valence-electron chi connectivity index (χ2n) is 7.03. The summed E-state index contributed by atoms with van der Waals surface area (Å²) < 4.78 is 5.60. The lowest BCUT2D eigenvalue weighted by molar-refractivity contribution is 0.114. The van der Waals surface area contributed by atoms with E-state index in [0.29, 0.717) is 21.8 Å². The fraction of sp³-hybridized carbons (Fsp3) is 0.550. The van der Waals surface area contributed by atoms with Crippen LogP contribution < -0.4 is 10.1 Å². The number of nitrogens with one attached hydrogen (secondary N) is 1. The van der Waals surface area contributed by atoms with Crippen molar-refractivity contribution in [1.29, 1.82) is 0 Å². The Morgan fingerprint density at radius 1 is 1.36 bits per heavy atom. The Bertz CT molecular complexity index is 705. The van der Waals surface area contributed by atoms with Gasteiger partial charge in [0, 0.05) is 38.8 Å². The van der Waals surface area contributed by atoms with Crippen LogP contribution in [-0.2, 0) is 0 Å². The number of halogens is 2. The number of aliphatic hydroxyl groups is 1. The second kappa shape index (κ2) is 10.3. The Morgan fingerprint density at radius 3 is 2.89 bits per heavy atom. The van der Waals surface area contributed by atoms with Gasteiger partial charge < -0.3 is 20.1 Å². The van der Waals surface area contributed by atoms with E-state index in [2.05, 4.69) is 32.3 Å². The zero-order valence-corrected chi connectivity index (χ0v) is 17.7. The molecule has 0 aliphatic carbocycles. The number of guanidine groups is 1. The van der Waals surface area contributed by atoms with Gasteiger partial charge in [0.05, 0.1) is 11.6 Å². The van der Waals surface area contributed by atoms with Gasteiger partial charge >= 0.3 is 0 Å². The third kappa shape index (κ3) is 5.54. The molecule has 0 radical (unpaired) electrons. The van der Waals surface area contributed by atoms with Gasteiger partial charge in [0.25, 0.3) is 0 Å².